The van der Waals surface area contributed by atoms with Crippen LogP contribution in [0.15, 0.2) is 60.8 Å². The van der Waals surface area contributed by atoms with Gasteiger partial charge in [-0.3, -0.25) is 4.79 Å². The summed E-state index contributed by atoms with van der Waals surface area (Å²) in [5.74, 6) is 2.31. The fourth-order valence-corrected chi connectivity index (χ4v) is 2.83. The van der Waals surface area contributed by atoms with E-state index in [4.69, 9.17) is 14.2 Å². The Morgan fingerprint density at radius 3 is 2.41 bits per heavy atom. The summed E-state index contributed by atoms with van der Waals surface area (Å²) in [6, 6.07) is 16.4. The minimum atomic E-state index is -0.200. The van der Waals surface area contributed by atoms with Gasteiger partial charge in [-0.05, 0) is 30.3 Å². The summed E-state index contributed by atoms with van der Waals surface area (Å²) < 4.78 is 15.9. The minimum absolute atomic E-state index is 0.200. The molecule has 2 aromatic carbocycles. The average molecular weight is 393 g/mol. The van der Waals surface area contributed by atoms with Crippen molar-refractivity contribution in [2.75, 3.05) is 26.6 Å². The third-order valence-corrected chi connectivity index (χ3v) is 4.31. The zero-order valence-corrected chi connectivity index (χ0v) is 16.6. The SMILES string of the molecule is COc1ccccc1CNC(=O)c1ccnc(Nc2ccc(OC)c(OC)c2)c1. The van der Waals surface area contributed by atoms with Crippen LogP contribution in [0.2, 0.25) is 0 Å². The normalized spacial score (nSPS) is 10.2. The number of methoxy groups -OCH3 is 3. The molecule has 0 bridgehead atoms. The van der Waals surface area contributed by atoms with Gasteiger partial charge in [0.25, 0.3) is 5.91 Å². The first kappa shape index (κ1) is 20.0. The maximum absolute atomic E-state index is 12.6. The van der Waals surface area contributed by atoms with Crippen LogP contribution in [-0.4, -0.2) is 32.2 Å². The van der Waals surface area contributed by atoms with Gasteiger partial charge in [0.05, 0.1) is 21.3 Å². The first-order valence-electron chi connectivity index (χ1n) is 8.99. The summed E-state index contributed by atoms with van der Waals surface area (Å²) >= 11 is 0. The Morgan fingerprint density at radius 2 is 1.66 bits per heavy atom. The van der Waals surface area contributed by atoms with Gasteiger partial charge in [0.1, 0.15) is 11.6 Å². The second-order valence-corrected chi connectivity index (χ2v) is 6.12. The molecule has 1 aromatic heterocycles. The number of aromatic nitrogens is 1. The summed E-state index contributed by atoms with van der Waals surface area (Å²) in [4.78, 5) is 16.8. The Hall–Kier alpha value is -3.74. The van der Waals surface area contributed by atoms with Crippen LogP contribution >= 0.6 is 0 Å². The van der Waals surface area contributed by atoms with Gasteiger partial charge in [0.2, 0.25) is 0 Å². The first-order valence-corrected chi connectivity index (χ1v) is 8.99. The van der Waals surface area contributed by atoms with E-state index < -0.39 is 0 Å². The summed E-state index contributed by atoms with van der Waals surface area (Å²) in [5.41, 5.74) is 2.17. The quantitative estimate of drug-likeness (QED) is 0.606. The number of amides is 1. The Bertz CT molecular complexity index is 991. The molecular formula is C22H23N3O4. The van der Waals surface area contributed by atoms with Crippen LogP contribution in [0, 0.1) is 0 Å². The zero-order chi connectivity index (χ0) is 20.6. The van der Waals surface area contributed by atoms with Crippen molar-refractivity contribution in [3.8, 4) is 17.2 Å². The molecule has 0 saturated heterocycles. The van der Waals surface area contributed by atoms with Crippen molar-refractivity contribution in [3.63, 3.8) is 0 Å². The van der Waals surface area contributed by atoms with Crippen LogP contribution in [0.5, 0.6) is 17.2 Å². The lowest BCUT2D eigenvalue weighted by Crippen LogP contribution is -2.23. The highest BCUT2D eigenvalue weighted by Gasteiger charge is 2.10. The Balaban J connectivity index is 1.69. The molecule has 0 radical (unpaired) electrons. The number of carbonyl (C=O) groups excluding carboxylic acids is 1. The van der Waals surface area contributed by atoms with Crippen molar-refractivity contribution in [2.45, 2.75) is 6.54 Å². The third kappa shape index (κ3) is 4.95. The van der Waals surface area contributed by atoms with Gasteiger partial charge in [0.15, 0.2) is 11.5 Å². The highest BCUT2D eigenvalue weighted by molar-refractivity contribution is 5.94. The fraction of sp³-hybridized carbons (Fsp3) is 0.182. The predicted octanol–water partition coefficient (Wildman–Crippen LogP) is 3.78. The molecule has 1 heterocycles. The topological polar surface area (TPSA) is 81.7 Å². The number of hydrogen-bond donors (Lipinski definition) is 2. The summed E-state index contributed by atoms with van der Waals surface area (Å²) in [7, 11) is 4.77. The molecule has 0 spiro atoms. The Morgan fingerprint density at radius 1 is 0.897 bits per heavy atom. The van der Waals surface area contributed by atoms with Crippen LogP contribution in [0.1, 0.15) is 15.9 Å². The van der Waals surface area contributed by atoms with Crippen molar-refractivity contribution in [3.05, 3.63) is 71.9 Å². The molecule has 3 rings (SSSR count). The van der Waals surface area contributed by atoms with E-state index in [0.717, 1.165) is 17.0 Å². The fourth-order valence-electron chi connectivity index (χ4n) is 2.83. The number of nitrogens with one attached hydrogen (secondary N) is 2. The van der Waals surface area contributed by atoms with Gasteiger partial charge >= 0.3 is 0 Å². The summed E-state index contributed by atoms with van der Waals surface area (Å²) in [5, 5.41) is 6.07. The molecule has 0 unspecified atom stereocenters. The van der Waals surface area contributed by atoms with Crippen LogP contribution in [0.3, 0.4) is 0 Å². The van der Waals surface area contributed by atoms with E-state index in [-0.39, 0.29) is 5.91 Å². The molecule has 0 atom stereocenters. The van der Waals surface area contributed by atoms with Crippen molar-refractivity contribution in [2.24, 2.45) is 0 Å². The Kier molecular flexibility index (Phi) is 6.52. The standard InChI is InChI=1S/C22H23N3O4/c1-27-18-7-5-4-6-16(18)14-24-22(26)15-10-11-23-21(12-15)25-17-8-9-19(28-2)20(13-17)29-3/h4-13H,14H2,1-3H3,(H,23,25)(H,24,26). The largest absolute Gasteiger partial charge is 0.496 e. The second kappa shape index (κ2) is 9.45. The average Bonchev–Trinajstić information content (AvgIpc) is 2.77. The van der Waals surface area contributed by atoms with Crippen molar-refractivity contribution < 1.29 is 19.0 Å². The number of nitrogens with zero attached hydrogens (tertiary/aromatic N) is 1. The number of para-hydroxylation sites is 1. The lowest BCUT2D eigenvalue weighted by molar-refractivity contribution is 0.0950. The van der Waals surface area contributed by atoms with Crippen LogP contribution in [0.25, 0.3) is 0 Å². The van der Waals surface area contributed by atoms with Gasteiger partial charge < -0.3 is 24.8 Å². The summed E-state index contributed by atoms with van der Waals surface area (Å²) in [6.07, 6.45) is 1.58. The van der Waals surface area contributed by atoms with E-state index >= 15 is 0 Å². The number of benzene rings is 2. The smallest absolute Gasteiger partial charge is 0.251 e. The van der Waals surface area contributed by atoms with Gasteiger partial charge in [-0.15, -0.1) is 0 Å². The highest BCUT2D eigenvalue weighted by Crippen LogP contribution is 2.30. The van der Waals surface area contributed by atoms with E-state index in [2.05, 4.69) is 15.6 Å². The van der Waals surface area contributed by atoms with E-state index in [1.165, 1.54) is 0 Å². The van der Waals surface area contributed by atoms with Gasteiger partial charge in [0, 0.05) is 35.6 Å². The molecule has 0 aliphatic heterocycles. The molecule has 7 heteroatoms. The predicted molar refractivity (Wildman–Crippen MR) is 111 cm³/mol. The minimum Gasteiger partial charge on any atom is -0.496 e. The second-order valence-electron chi connectivity index (χ2n) is 6.12. The molecule has 2 N–H and O–H groups in total. The number of rotatable bonds is 8. The molecule has 7 nitrogen and oxygen atoms in total. The van der Waals surface area contributed by atoms with E-state index in [1.54, 1.807) is 51.8 Å². The number of hydrogen-bond acceptors (Lipinski definition) is 6. The molecule has 0 aliphatic rings. The van der Waals surface area contributed by atoms with Crippen LogP contribution in [-0.2, 0) is 6.54 Å². The number of anilines is 2. The van der Waals surface area contributed by atoms with Crippen molar-refractivity contribution in [1.82, 2.24) is 10.3 Å². The van der Waals surface area contributed by atoms with Gasteiger partial charge in [-0.2, -0.15) is 0 Å². The maximum atomic E-state index is 12.6. The van der Waals surface area contributed by atoms with E-state index in [9.17, 15) is 4.79 Å². The first-order chi connectivity index (χ1) is 14.1. The van der Waals surface area contributed by atoms with E-state index in [1.807, 2.05) is 30.3 Å². The molecule has 0 aliphatic carbocycles. The lowest BCUT2D eigenvalue weighted by atomic mass is 10.2. The van der Waals surface area contributed by atoms with Gasteiger partial charge in [-0.25, -0.2) is 4.98 Å². The molecule has 3 aromatic rings. The molecular weight excluding hydrogens is 370 g/mol. The molecule has 29 heavy (non-hydrogen) atoms. The van der Waals surface area contributed by atoms with Crippen molar-refractivity contribution in [1.29, 1.82) is 0 Å². The van der Waals surface area contributed by atoms with Crippen LogP contribution in [0.4, 0.5) is 11.5 Å². The number of pyridine rings is 1. The zero-order valence-electron chi connectivity index (χ0n) is 16.6. The molecule has 150 valence electrons. The van der Waals surface area contributed by atoms with E-state index in [0.29, 0.717) is 29.4 Å². The molecule has 0 fully saturated rings. The monoisotopic (exact) mass is 393 g/mol. The maximum Gasteiger partial charge on any atom is 0.251 e. The number of ether oxygens (including phenoxy) is 3. The lowest BCUT2D eigenvalue weighted by Gasteiger charge is -2.12. The highest BCUT2D eigenvalue weighted by atomic mass is 16.5. The van der Waals surface area contributed by atoms with Crippen molar-refractivity contribution >= 4 is 17.4 Å². The molecule has 1 amide bonds. The van der Waals surface area contributed by atoms with Crippen LogP contribution < -0.4 is 24.8 Å². The summed E-state index contributed by atoms with van der Waals surface area (Å²) in [6.45, 7) is 0.365. The third-order valence-electron chi connectivity index (χ3n) is 4.31. The van der Waals surface area contributed by atoms with Gasteiger partial charge in [-0.1, -0.05) is 18.2 Å². The Labute approximate surface area is 169 Å². The number of carbonyl (C=O) groups is 1. The molecule has 0 saturated carbocycles.